The first-order valence-electron chi connectivity index (χ1n) is 5.27. The Hall–Kier alpha value is -0.770. The molecule has 80 valence electrons. The van der Waals surface area contributed by atoms with Crippen LogP contribution in [0.3, 0.4) is 0 Å². The molecule has 2 fully saturated rings. The Bertz CT molecular complexity index is 230. The molecule has 1 aliphatic heterocycles. The molecule has 2 N–H and O–H groups in total. The molecule has 2 unspecified atom stereocenters. The minimum Gasteiger partial charge on any atom is -0.449 e. The monoisotopic (exact) mass is 198 g/mol. The van der Waals surface area contributed by atoms with E-state index >= 15 is 0 Å². The maximum atomic E-state index is 11.5. The Kier molecular flexibility index (Phi) is 2.39. The van der Waals surface area contributed by atoms with Crippen molar-refractivity contribution < 1.29 is 9.53 Å². The van der Waals surface area contributed by atoms with Crippen molar-refractivity contribution in [1.82, 2.24) is 4.90 Å². The number of nitrogens with two attached hydrogens (primary N) is 1. The number of piperidine rings is 1. The molecular weight excluding hydrogens is 180 g/mol. The standard InChI is InChI=1S/C10H18N2O2/c1-6(2)5-14-10(13)12-3-7-8(4-12)9(7)11/h6-9H,3-5,11H2,1-2H3. The lowest BCUT2D eigenvalue weighted by Gasteiger charge is -2.19. The molecule has 1 heterocycles. The number of carbonyl (C=O) groups is 1. The van der Waals surface area contributed by atoms with Gasteiger partial charge in [0.2, 0.25) is 0 Å². The van der Waals surface area contributed by atoms with E-state index < -0.39 is 0 Å². The largest absolute Gasteiger partial charge is 0.449 e. The lowest BCUT2D eigenvalue weighted by atomic mass is 10.2. The van der Waals surface area contributed by atoms with E-state index in [4.69, 9.17) is 10.5 Å². The molecule has 4 nitrogen and oxygen atoms in total. The number of hydrogen-bond donors (Lipinski definition) is 1. The van der Waals surface area contributed by atoms with Crippen LogP contribution in [0.4, 0.5) is 4.79 Å². The Morgan fingerprint density at radius 3 is 2.57 bits per heavy atom. The quantitative estimate of drug-likeness (QED) is 0.709. The molecule has 1 saturated carbocycles. The van der Waals surface area contributed by atoms with Gasteiger partial charge in [-0.25, -0.2) is 4.79 Å². The van der Waals surface area contributed by atoms with E-state index in [-0.39, 0.29) is 6.09 Å². The number of ether oxygens (including phenoxy) is 1. The smallest absolute Gasteiger partial charge is 0.409 e. The second-order valence-electron chi connectivity index (χ2n) is 4.78. The molecule has 14 heavy (non-hydrogen) atoms. The van der Waals surface area contributed by atoms with Crippen molar-refractivity contribution in [3.8, 4) is 0 Å². The fraction of sp³-hybridized carbons (Fsp3) is 0.900. The maximum absolute atomic E-state index is 11.5. The Labute approximate surface area is 84.4 Å². The van der Waals surface area contributed by atoms with Gasteiger partial charge in [-0.2, -0.15) is 0 Å². The summed E-state index contributed by atoms with van der Waals surface area (Å²) in [5.41, 5.74) is 5.78. The number of nitrogens with zero attached hydrogens (tertiary/aromatic N) is 1. The first-order valence-corrected chi connectivity index (χ1v) is 5.27. The Balaban J connectivity index is 1.73. The summed E-state index contributed by atoms with van der Waals surface area (Å²) in [5, 5.41) is 0. The van der Waals surface area contributed by atoms with Gasteiger partial charge >= 0.3 is 6.09 Å². The maximum Gasteiger partial charge on any atom is 0.409 e. The van der Waals surface area contributed by atoms with Crippen molar-refractivity contribution >= 4 is 6.09 Å². The summed E-state index contributed by atoms with van der Waals surface area (Å²) >= 11 is 0. The Morgan fingerprint density at radius 1 is 1.50 bits per heavy atom. The third-order valence-electron chi connectivity index (χ3n) is 3.06. The summed E-state index contributed by atoms with van der Waals surface area (Å²) in [4.78, 5) is 13.3. The minimum absolute atomic E-state index is 0.168. The molecular formula is C10H18N2O2. The van der Waals surface area contributed by atoms with Crippen molar-refractivity contribution in [3.63, 3.8) is 0 Å². The summed E-state index contributed by atoms with van der Waals surface area (Å²) in [7, 11) is 0. The first-order chi connectivity index (χ1) is 6.59. The van der Waals surface area contributed by atoms with Gasteiger partial charge in [0.05, 0.1) is 6.61 Å². The number of rotatable bonds is 2. The zero-order valence-corrected chi connectivity index (χ0v) is 8.77. The molecule has 1 amide bonds. The summed E-state index contributed by atoms with van der Waals surface area (Å²) in [6.07, 6.45) is -0.168. The van der Waals surface area contributed by atoms with E-state index in [0.717, 1.165) is 13.1 Å². The third kappa shape index (κ3) is 1.71. The number of fused-ring (bicyclic) bond motifs is 1. The molecule has 0 bridgehead atoms. The predicted octanol–water partition coefficient (Wildman–Crippen LogP) is 0.668. The third-order valence-corrected chi connectivity index (χ3v) is 3.06. The van der Waals surface area contributed by atoms with Gasteiger partial charge in [0.25, 0.3) is 0 Å². The van der Waals surface area contributed by atoms with Crippen LogP contribution in [0, 0.1) is 17.8 Å². The van der Waals surface area contributed by atoms with Gasteiger partial charge in [-0.1, -0.05) is 13.8 Å². The van der Waals surface area contributed by atoms with Gasteiger partial charge in [0.1, 0.15) is 0 Å². The van der Waals surface area contributed by atoms with Crippen LogP contribution < -0.4 is 5.73 Å². The van der Waals surface area contributed by atoms with E-state index in [0.29, 0.717) is 30.4 Å². The number of carbonyl (C=O) groups excluding carboxylic acids is 1. The molecule has 0 aromatic carbocycles. The van der Waals surface area contributed by atoms with Crippen LogP contribution in [0.2, 0.25) is 0 Å². The van der Waals surface area contributed by atoms with E-state index in [1.807, 2.05) is 13.8 Å². The van der Waals surface area contributed by atoms with Crippen LogP contribution in [-0.2, 0) is 4.74 Å². The molecule has 0 aromatic rings. The summed E-state index contributed by atoms with van der Waals surface area (Å²) in [5.74, 6) is 1.49. The van der Waals surface area contributed by atoms with Crippen molar-refractivity contribution in [3.05, 3.63) is 0 Å². The van der Waals surface area contributed by atoms with E-state index in [2.05, 4.69) is 0 Å². The average molecular weight is 198 g/mol. The van der Waals surface area contributed by atoms with Crippen LogP contribution in [0.25, 0.3) is 0 Å². The molecule has 0 radical (unpaired) electrons. The van der Waals surface area contributed by atoms with E-state index in [9.17, 15) is 4.79 Å². The molecule has 4 heteroatoms. The van der Waals surface area contributed by atoms with E-state index in [1.165, 1.54) is 0 Å². The number of likely N-dealkylation sites (tertiary alicyclic amines) is 1. The number of amides is 1. The van der Waals surface area contributed by atoms with Crippen molar-refractivity contribution in [2.45, 2.75) is 19.9 Å². The van der Waals surface area contributed by atoms with Crippen LogP contribution in [0.15, 0.2) is 0 Å². The first kappa shape index (κ1) is 9.77. The Morgan fingerprint density at radius 2 is 2.07 bits per heavy atom. The highest BCUT2D eigenvalue weighted by Crippen LogP contribution is 2.43. The van der Waals surface area contributed by atoms with Crippen LogP contribution in [0.5, 0.6) is 0 Å². The van der Waals surface area contributed by atoms with Gasteiger partial charge < -0.3 is 15.4 Å². The minimum atomic E-state index is -0.168. The summed E-state index contributed by atoms with van der Waals surface area (Å²) < 4.78 is 5.14. The van der Waals surface area contributed by atoms with Crippen LogP contribution in [0.1, 0.15) is 13.8 Å². The zero-order valence-electron chi connectivity index (χ0n) is 8.77. The lowest BCUT2D eigenvalue weighted by molar-refractivity contribution is 0.0955. The average Bonchev–Trinajstić information content (AvgIpc) is 2.63. The van der Waals surface area contributed by atoms with Gasteiger partial charge in [0, 0.05) is 19.1 Å². The summed E-state index contributed by atoms with van der Waals surface area (Å²) in [6, 6.07) is 0.337. The van der Waals surface area contributed by atoms with Gasteiger partial charge in [-0.05, 0) is 17.8 Å². The predicted molar refractivity (Wildman–Crippen MR) is 52.7 cm³/mol. The van der Waals surface area contributed by atoms with Crippen molar-refractivity contribution in [2.75, 3.05) is 19.7 Å². The second-order valence-corrected chi connectivity index (χ2v) is 4.78. The van der Waals surface area contributed by atoms with E-state index in [1.54, 1.807) is 4.90 Å². The van der Waals surface area contributed by atoms with Gasteiger partial charge in [-0.15, -0.1) is 0 Å². The number of hydrogen-bond acceptors (Lipinski definition) is 3. The highest BCUT2D eigenvalue weighted by atomic mass is 16.6. The molecule has 1 aliphatic carbocycles. The fourth-order valence-electron chi connectivity index (χ4n) is 2.05. The van der Waals surface area contributed by atoms with Gasteiger partial charge in [-0.3, -0.25) is 0 Å². The highest BCUT2D eigenvalue weighted by Gasteiger charge is 2.54. The summed E-state index contributed by atoms with van der Waals surface area (Å²) in [6.45, 7) is 6.16. The molecule has 0 aromatic heterocycles. The van der Waals surface area contributed by atoms with Crippen LogP contribution in [-0.4, -0.2) is 36.7 Å². The molecule has 0 spiro atoms. The second kappa shape index (κ2) is 3.42. The zero-order chi connectivity index (χ0) is 10.3. The van der Waals surface area contributed by atoms with Gasteiger partial charge in [0.15, 0.2) is 0 Å². The molecule has 2 atom stereocenters. The lowest BCUT2D eigenvalue weighted by Crippen LogP contribution is -2.34. The normalized spacial score (nSPS) is 34.6. The van der Waals surface area contributed by atoms with Crippen molar-refractivity contribution in [2.24, 2.45) is 23.5 Å². The fourth-order valence-corrected chi connectivity index (χ4v) is 2.05. The van der Waals surface area contributed by atoms with Crippen molar-refractivity contribution in [1.29, 1.82) is 0 Å². The molecule has 2 rings (SSSR count). The van der Waals surface area contributed by atoms with Crippen LogP contribution >= 0.6 is 0 Å². The molecule has 2 aliphatic rings. The topological polar surface area (TPSA) is 55.6 Å². The molecule has 1 saturated heterocycles. The highest BCUT2D eigenvalue weighted by molar-refractivity contribution is 5.68. The SMILES string of the molecule is CC(C)COC(=O)N1CC2C(N)C2C1.